The average molecular weight is 404 g/mol. The number of sulfonamides is 2. The first-order chi connectivity index (χ1) is 12.3. The summed E-state index contributed by atoms with van der Waals surface area (Å²) in [7, 11) is -7.29. The molecule has 0 spiro atoms. The maximum atomic E-state index is 12.5. The summed E-state index contributed by atoms with van der Waals surface area (Å²) in [5, 5.41) is 0. The monoisotopic (exact) mass is 403 g/mol. The van der Waals surface area contributed by atoms with E-state index in [-0.39, 0.29) is 21.9 Å². The number of nitrogens with one attached hydrogen (secondary N) is 2. The smallest absolute Gasteiger partial charge is 0.240 e. The van der Waals surface area contributed by atoms with Gasteiger partial charge in [-0.25, -0.2) is 26.3 Å². The van der Waals surface area contributed by atoms with Gasteiger partial charge in [-0.15, -0.1) is 0 Å². The Morgan fingerprint density at radius 1 is 1.04 bits per heavy atom. The van der Waals surface area contributed by atoms with Gasteiger partial charge < -0.3 is 4.74 Å². The number of benzene rings is 1. The molecule has 1 heterocycles. The van der Waals surface area contributed by atoms with E-state index in [1.165, 1.54) is 24.3 Å². The third-order valence-electron chi connectivity index (χ3n) is 4.34. The second-order valence-corrected chi connectivity index (χ2v) is 10.2. The Labute approximate surface area is 155 Å². The molecular formula is C16H25N3O5S2. The van der Waals surface area contributed by atoms with Crippen LogP contribution in [0.3, 0.4) is 0 Å². The molecular weight excluding hydrogens is 378 g/mol. The Bertz CT molecular complexity index is 814. The summed E-state index contributed by atoms with van der Waals surface area (Å²) in [6.07, 6.45) is 1.69. The van der Waals surface area contributed by atoms with Crippen molar-refractivity contribution in [1.29, 1.82) is 0 Å². The van der Waals surface area contributed by atoms with Crippen LogP contribution < -0.4 is 9.44 Å². The quantitative estimate of drug-likeness (QED) is 0.639. The zero-order chi connectivity index (χ0) is 18.8. The van der Waals surface area contributed by atoms with Crippen LogP contribution in [0, 0.1) is 0 Å². The third-order valence-corrected chi connectivity index (χ3v) is 7.48. The minimum atomic E-state index is -3.71. The zero-order valence-corrected chi connectivity index (χ0v) is 16.4. The molecule has 3 rings (SSSR count). The molecule has 8 nitrogen and oxygen atoms in total. The minimum Gasteiger partial charge on any atom is -0.379 e. The lowest BCUT2D eigenvalue weighted by Crippen LogP contribution is -2.45. The van der Waals surface area contributed by atoms with Crippen molar-refractivity contribution in [3.63, 3.8) is 0 Å². The molecule has 146 valence electrons. The second-order valence-electron chi connectivity index (χ2n) is 6.80. The average Bonchev–Trinajstić information content (AvgIpc) is 3.38. The molecule has 2 N–H and O–H groups in total. The van der Waals surface area contributed by atoms with Crippen LogP contribution in [0.4, 0.5) is 0 Å². The fraction of sp³-hybridized carbons (Fsp3) is 0.625. The zero-order valence-electron chi connectivity index (χ0n) is 14.7. The lowest BCUT2D eigenvalue weighted by atomic mass is 10.3. The van der Waals surface area contributed by atoms with Gasteiger partial charge in [0.1, 0.15) is 0 Å². The topological polar surface area (TPSA) is 105 Å². The second kappa shape index (κ2) is 7.91. The van der Waals surface area contributed by atoms with Crippen molar-refractivity contribution >= 4 is 20.0 Å². The first kappa shape index (κ1) is 19.7. The number of ether oxygens (including phenoxy) is 1. The van der Waals surface area contributed by atoms with Crippen LogP contribution in [-0.2, 0) is 24.8 Å². The highest BCUT2D eigenvalue weighted by molar-refractivity contribution is 7.90. The summed E-state index contributed by atoms with van der Waals surface area (Å²) in [4.78, 5) is 2.28. The summed E-state index contributed by atoms with van der Waals surface area (Å²) in [6.45, 7) is 5.29. The molecule has 0 bridgehead atoms. The predicted molar refractivity (Wildman–Crippen MR) is 96.8 cm³/mol. The van der Waals surface area contributed by atoms with Crippen LogP contribution in [0.5, 0.6) is 0 Å². The van der Waals surface area contributed by atoms with Gasteiger partial charge in [-0.2, -0.15) is 0 Å². The van der Waals surface area contributed by atoms with Gasteiger partial charge in [0.05, 0.1) is 23.0 Å². The molecule has 0 aromatic heterocycles. The highest BCUT2D eigenvalue weighted by Gasteiger charge is 2.28. The summed E-state index contributed by atoms with van der Waals surface area (Å²) in [6, 6.07) is 5.04. The van der Waals surface area contributed by atoms with Crippen LogP contribution in [0.1, 0.15) is 19.8 Å². The molecule has 1 aromatic rings. The lowest BCUT2D eigenvalue weighted by Gasteiger charge is -2.29. The number of morpholine rings is 1. The lowest BCUT2D eigenvalue weighted by molar-refractivity contribution is 0.0354. The molecule has 2 fully saturated rings. The standard InChI is InChI=1S/C16H25N3O5S2/c1-13(12-19-8-10-24-11-9-19)17-25(20,21)15-4-6-16(7-5-15)26(22,23)18-14-2-3-14/h4-7,13-14,17-18H,2-3,8-12H2,1H3. The van der Waals surface area contributed by atoms with Crippen molar-refractivity contribution in [2.45, 2.75) is 41.6 Å². The van der Waals surface area contributed by atoms with E-state index in [2.05, 4.69) is 14.3 Å². The van der Waals surface area contributed by atoms with Gasteiger partial charge in [0.2, 0.25) is 20.0 Å². The molecule has 1 saturated carbocycles. The van der Waals surface area contributed by atoms with Crippen LogP contribution in [0.25, 0.3) is 0 Å². The van der Waals surface area contributed by atoms with Crippen molar-refractivity contribution in [2.75, 3.05) is 32.8 Å². The van der Waals surface area contributed by atoms with Crippen molar-refractivity contribution in [2.24, 2.45) is 0 Å². The minimum absolute atomic E-state index is 0.00566. The maximum absolute atomic E-state index is 12.5. The van der Waals surface area contributed by atoms with Crippen molar-refractivity contribution in [1.82, 2.24) is 14.3 Å². The Balaban J connectivity index is 1.63. The fourth-order valence-corrected chi connectivity index (χ4v) is 5.37. The highest BCUT2D eigenvalue weighted by atomic mass is 32.2. The van der Waals surface area contributed by atoms with E-state index in [4.69, 9.17) is 4.74 Å². The van der Waals surface area contributed by atoms with Gasteiger partial charge in [0, 0.05) is 31.7 Å². The van der Waals surface area contributed by atoms with Crippen molar-refractivity contribution in [3.05, 3.63) is 24.3 Å². The van der Waals surface area contributed by atoms with Crippen molar-refractivity contribution in [3.8, 4) is 0 Å². The highest BCUT2D eigenvalue weighted by Crippen LogP contribution is 2.22. The molecule has 1 atom stereocenters. The molecule has 1 saturated heterocycles. The molecule has 1 aliphatic carbocycles. The number of nitrogens with zero attached hydrogens (tertiary/aromatic N) is 1. The Hall–Kier alpha value is -1.04. The van der Waals surface area contributed by atoms with Gasteiger partial charge in [-0.1, -0.05) is 0 Å². The summed E-state index contributed by atoms with van der Waals surface area (Å²) >= 11 is 0. The fourth-order valence-electron chi connectivity index (χ4n) is 2.83. The third kappa shape index (κ3) is 5.24. The molecule has 1 unspecified atom stereocenters. The van der Waals surface area contributed by atoms with Crippen LogP contribution in [0.2, 0.25) is 0 Å². The Kier molecular flexibility index (Phi) is 6.00. The van der Waals surface area contributed by atoms with E-state index < -0.39 is 20.0 Å². The van der Waals surface area contributed by atoms with Crippen LogP contribution in [0.15, 0.2) is 34.1 Å². The van der Waals surface area contributed by atoms with Crippen molar-refractivity contribution < 1.29 is 21.6 Å². The number of hydrogen-bond acceptors (Lipinski definition) is 6. The Morgan fingerprint density at radius 2 is 1.58 bits per heavy atom. The summed E-state index contributed by atoms with van der Waals surface area (Å²) < 4.78 is 59.8. The van der Waals surface area contributed by atoms with Crippen LogP contribution in [-0.4, -0.2) is 66.7 Å². The SMILES string of the molecule is CC(CN1CCOCC1)NS(=O)(=O)c1ccc(S(=O)(=O)NC2CC2)cc1. The van der Waals surface area contributed by atoms with Gasteiger partial charge in [0.15, 0.2) is 0 Å². The Morgan fingerprint density at radius 3 is 2.12 bits per heavy atom. The van der Waals surface area contributed by atoms with E-state index in [1.807, 2.05) is 6.92 Å². The largest absolute Gasteiger partial charge is 0.379 e. The van der Waals surface area contributed by atoms with E-state index >= 15 is 0 Å². The van der Waals surface area contributed by atoms with E-state index in [9.17, 15) is 16.8 Å². The molecule has 10 heteroatoms. The van der Waals surface area contributed by atoms with Gasteiger partial charge in [-0.3, -0.25) is 4.90 Å². The molecule has 1 aliphatic heterocycles. The predicted octanol–water partition coefficient (Wildman–Crippen LogP) is 0.126. The van der Waals surface area contributed by atoms with E-state index in [0.29, 0.717) is 19.8 Å². The molecule has 2 aliphatic rings. The molecule has 0 amide bonds. The first-order valence-electron chi connectivity index (χ1n) is 8.71. The normalized spacial score (nSPS) is 20.8. The van der Waals surface area contributed by atoms with Crippen LogP contribution >= 0.6 is 0 Å². The summed E-state index contributed by atoms with van der Waals surface area (Å²) in [5.41, 5.74) is 0. The van der Waals surface area contributed by atoms with Gasteiger partial charge in [-0.05, 0) is 44.0 Å². The number of hydrogen-bond donors (Lipinski definition) is 2. The van der Waals surface area contributed by atoms with E-state index in [1.54, 1.807) is 0 Å². The van der Waals surface area contributed by atoms with Gasteiger partial charge >= 0.3 is 0 Å². The molecule has 26 heavy (non-hydrogen) atoms. The first-order valence-corrected chi connectivity index (χ1v) is 11.7. The molecule has 0 radical (unpaired) electrons. The number of rotatable bonds is 8. The molecule has 1 aromatic carbocycles. The maximum Gasteiger partial charge on any atom is 0.240 e. The van der Waals surface area contributed by atoms with Gasteiger partial charge in [0.25, 0.3) is 0 Å². The summed E-state index contributed by atoms with van der Waals surface area (Å²) in [5.74, 6) is 0. The van der Waals surface area contributed by atoms with E-state index in [0.717, 1.165) is 25.9 Å².